The molecule has 0 unspecified atom stereocenters. The van der Waals surface area contributed by atoms with Crippen molar-refractivity contribution in [2.24, 2.45) is 4.99 Å². The summed E-state index contributed by atoms with van der Waals surface area (Å²) in [7, 11) is 0. The Morgan fingerprint density at radius 1 is 1.56 bits per heavy atom. The molecule has 0 aromatic heterocycles. The minimum atomic E-state index is -1.02. The van der Waals surface area contributed by atoms with Gasteiger partial charge < -0.3 is 10.2 Å². The number of benzene rings is 1. The van der Waals surface area contributed by atoms with Gasteiger partial charge in [-0.15, -0.1) is 11.8 Å². The number of halogens is 1. The number of phenols is 1. The highest BCUT2D eigenvalue weighted by Gasteiger charge is 2.26. The van der Waals surface area contributed by atoms with E-state index in [-0.39, 0.29) is 11.3 Å². The summed E-state index contributed by atoms with van der Waals surface area (Å²) in [5.74, 6) is -1.30. The van der Waals surface area contributed by atoms with Crippen LogP contribution in [-0.4, -0.2) is 33.0 Å². The second-order valence-corrected chi connectivity index (χ2v) is 4.27. The first kappa shape index (κ1) is 10.9. The maximum atomic E-state index is 13.0. The van der Waals surface area contributed by atoms with Crippen molar-refractivity contribution in [2.75, 3.05) is 5.75 Å². The number of carbonyl (C=O) groups is 1. The fourth-order valence-corrected chi connectivity index (χ4v) is 2.38. The molecule has 4 nitrogen and oxygen atoms in total. The van der Waals surface area contributed by atoms with Crippen LogP contribution in [0.25, 0.3) is 0 Å². The number of hydrogen-bond donors (Lipinski definition) is 2. The molecule has 0 saturated carbocycles. The van der Waals surface area contributed by atoms with Gasteiger partial charge in [-0.1, -0.05) is 0 Å². The van der Waals surface area contributed by atoms with E-state index in [2.05, 4.69) is 4.99 Å². The molecule has 1 aromatic rings. The van der Waals surface area contributed by atoms with E-state index in [0.29, 0.717) is 10.8 Å². The lowest BCUT2D eigenvalue weighted by atomic mass is 10.2. The van der Waals surface area contributed by atoms with Gasteiger partial charge in [0.25, 0.3) is 0 Å². The molecule has 0 amide bonds. The average Bonchev–Trinajstić information content (AvgIpc) is 2.70. The number of aliphatic carboxylic acids is 1. The van der Waals surface area contributed by atoms with E-state index in [9.17, 15) is 14.3 Å². The molecular formula is C10H8FNO3S. The van der Waals surface area contributed by atoms with Crippen molar-refractivity contribution < 1.29 is 19.4 Å². The van der Waals surface area contributed by atoms with E-state index in [1.165, 1.54) is 17.8 Å². The van der Waals surface area contributed by atoms with Gasteiger partial charge in [-0.05, 0) is 18.2 Å². The number of aliphatic imine (C=N–C) groups is 1. The third-order valence-corrected chi connectivity index (χ3v) is 3.21. The van der Waals surface area contributed by atoms with Gasteiger partial charge in [0.1, 0.15) is 16.6 Å². The van der Waals surface area contributed by atoms with Crippen molar-refractivity contribution in [2.45, 2.75) is 6.04 Å². The topological polar surface area (TPSA) is 69.9 Å². The van der Waals surface area contributed by atoms with Gasteiger partial charge in [0.05, 0.1) is 5.56 Å². The van der Waals surface area contributed by atoms with Gasteiger partial charge >= 0.3 is 5.97 Å². The standard InChI is InChI=1S/C10H8FNO3S/c11-5-1-2-8(13)6(3-5)9-12-7(4-16-9)10(14)15/h1-3,7,13H,4H2,(H,14,15)/t7-/m0/s1. The normalized spacial score (nSPS) is 19.6. The lowest BCUT2D eigenvalue weighted by Gasteiger charge is -2.02. The number of rotatable bonds is 2. The van der Waals surface area contributed by atoms with E-state index in [4.69, 9.17) is 5.11 Å². The fraction of sp³-hybridized carbons (Fsp3) is 0.200. The molecule has 1 aromatic carbocycles. The van der Waals surface area contributed by atoms with Gasteiger partial charge in [0.2, 0.25) is 0 Å². The Labute approximate surface area is 94.8 Å². The van der Waals surface area contributed by atoms with Crippen LogP contribution in [0.1, 0.15) is 5.56 Å². The quantitative estimate of drug-likeness (QED) is 0.822. The monoisotopic (exact) mass is 241 g/mol. The second-order valence-electron chi connectivity index (χ2n) is 3.26. The molecule has 1 atom stereocenters. The minimum Gasteiger partial charge on any atom is -0.507 e. The molecule has 0 fully saturated rings. The fourth-order valence-electron chi connectivity index (χ4n) is 1.33. The molecular weight excluding hydrogens is 233 g/mol. The van der Waals surface area contributed by atoms with Crippen molar-refractivity contribution in [1.29, 1.82) is 0 Å². The van der Waals surface area contributed by atoms with E-state index >= 15 is 0 Å². The number of aromatic hydroxyl groups is 1. The highest BCUT2D eigenvalue weighted by Crippen LogP contribution is 2.29. The molecule has 0 saturated heterocycles. The summed E-state index contributed by atoms with van der Waals surface area (Å²) in [5.41, 5.74) is 0.244. The van der Waals surface area contributed by atoms with Crippen molar-refractivity contribution in [3.8, 4) is 5.75 Å². The Bertz CT molecular complexity index is 475. The molecule has 1 aliphatic rings. The van der Waals surface area contributed by atoms with E-state index < -0.39 is 17.8 Å². The summed E-state index contributed by atoms with van der Waals surface area (Å²) >= 11 is 1.20. The van der Waals surface area contributed by atoms with Gasteiger partial charge in [0, 0.05) is 5.75 Å². The molecule has 2 N–H and O–H groups in total. The van der Waals surface area contributed by atoms with Crippen LogP contribution in [0.3, 0.4) is 0 Å². The third kappa shape index (κ3) is 2.01. The van der Waals surface area contributed by atoms with Crippen molar-refractivity contribution in [3.63, 3.8) is 0 Å². The highest BCUT2D eigenvalue weighted by atomic mass is 32.2. The lowest BCUT2D eigenvalue weighted by molar-refractivity contribution is -0.137. The van der Waals surface area contributed by atoms with Crippen LogP contribution in [-0.2, 0) is 4.79 Å². The first-order chi connectivity index (χ1) is 7.58. The molecule has 0 bridgehead atoms. The summed E-state index contributed by atoms with van der Waals surface area (Å²) in [4.78, 5) is 14.6. The van der Waals surface area contributed by atoms with Crippen LogP contribution in [0.2, 0.25) is 0 Å². The third-order valence-electron chi connectivity index (χ3n) is 2.13. The van der Waals surface area contributed by atoms with Gasteiger partial charge in [-0.3, -0.25) is 4.99 Å². The Kier molecular flexibility index (Phi) is 2.82. The zero-order valence-corrected chi connectivity index (χ0v) is 8.87. The maximum absolute atomic E-state index is 13.0. The summed E-state index contributed by atoms with van der Waals surface area (Å²) in [6.45, 7) is 0. The number of carboxylic acid groups (broad SMARTS) is 1. The molecule has 16 heavy (non-hydrogen) atoms. The Morgan fingerprint density at radius 2 is 2.31 bits per heavy atom. The first-order valence-corrected chi connectivity index (χ1v) is 5.49. The van der Waals surface area contributed by atoms with Crippen LogP contribution in [0.15, 0.2) is 23.2 Å². The van der Waals surface area contributed by atoms with Crippen LogP contribution < -0.4 is 0 Å². The molecule has 6 heteroatoms. The van der Waals surface area contributed by atoms with E-state index in [0.717, 1.165) is 12.1 Å². The average molecular weight is 241 g/mol. The molecule has 0 spiro atoms. The summed E-state index contributed by atoms with van der Waals surface area (Å²) in [6, 6.07) is 2.68. The number of thioether (sulfide) groups is 1. The van der Waals surface area contributed by atoms with Crippen LogP contribution in [0.4, 0.5) is 4.39 Å². The number of phenolic OH excluding ortho intramolecular Hbond substituents is 1. The molecule has 2 rings (SSSR count). The lowest BCUT2D eigenvalue weighted by Crippen LogP contribution is -2.17. The molecule has 1 heterocycles. The zero-order chi connectivity index (χ0) is 11.7. The number of hydrogen-bond acceptors (Lipinski definition) is 4. The second kappa shape index (κ2) is 4.13. The summed E-state index contributed by atoms with van der Waals surface area (Å²) in [5, 5.41) is 18.6. The Morgan fingerprint density at radius 3 is 2.94 bits per heavy atom. The largest absolute Gasteiger partial charge is 0.507 e. The molecule has 0 aliphatic carbocycles. The van der Waals surface area contributed by atoms with Crippen molar-refractivity contribution >= 4 is 22.8 Å². The number of nitrogens with zero attached hydrogens (tertiary/aromatic N) is 1. The van der Waals surface area contributed by atoms with Crippen LogP contribution >= 0.6 is 11.8 Å². The van der Waals surface area contributed by atoms with Crippen LogP contribution in [0.5, 0.6) is 5.75 Å². The van der Waals surface area contributed by atoms with Gasteiger partial charge in [-0.25, -0.2) is 9.18 Å². The zero-order valence-electron chi connectivity index (χ0n) is 8.05. The highest BCUT2D eigenvalue weighted by molar-refractivity contribution is 8.14. The predicted octanol–water partition coefficient (Wildman–Crippen LogP) is 1.48. The van der Waals surface area contributed by atoms with E-state index in [1.54, 1.807) is 0 Å². The van der Waals surface area contributed by atoms with E-state index in [1.807, 2.05) is 0 Å². The van der Waals surface area contributed by atoms with Gasteiger partial charge in [-0.2, -0.15) is 0 Å². The summed E-state index contributed by atoms with van der Waals surface area (Å²) in [6.07, 6.45) is 0. The Hall–Kier alpha value is -1.56. The van der Waals surface area contributed by atoms with Crippen molar-refractivity contribution in [3.05, 3.63) is 29.6 Å². The summed E-state index contributed by atoms with van der Waals surface area (Å²) < 4.78 is 13.0. The number of carboxylic acids is 1. The molecule has 0 radical (unpaired) electrons. The molecule has 1 aliphatic heterocycles. The molecule has 84 valence electrons. The Balaban J connectivity index is 2.35. The van der Waals surface area contributed by atoms with Crippen LogP contribution in [0, 0.1) is 5.82 Å². The predicted molar refractivity (Wildman–Crippen MR) is 58.5 cm³/mol. The maximum Gasteiger partial charge on any atom is 0.329 e. The first-order valence-electron chi connectivity index (χ1n) is 4.50. The smallest absolute Gasteiger partial charge is 0.329 e. The van der Waals surface area contributed by atoms with Crippen molar-refractivity contribution in [1.82, 2.24) is 0 Å². The SMILES string of the molecule is O=C(O)[C@@H]1CSC(c2cc(F)ccc2O)=N1. The van der Waals surface area contributed by atoms with Gasteiger partial charge in [0.15, 0.2) is 6.04 Å². The minimum absolute atomic E-state index is 0.0984.